The van der Waals surface area contributed by atoms with Crippen LogP contribution in [0.25, 0.3) is 0 Å². The Bertz CT molecular complexity index is 1160. The first-order chi connectivity index (χ1) is 16.0. The number of benzene rings is 2. The molecule has 33 heavy (non-hydrogen) atoms. The molecule has 170 valence electrons. The second-order valence-corrected chi connectivity index (χ2v) is 8.12. The van der Waals surface area contributed by atoms with Crippen LogP contribution >= 0.6 is 11.6 Å². The lowest BCUT2D eigenvalue weighted by Gasteiger charge is -2.26. The number of hydrogen-bond donors (Lipinski definition) is 1. The van der Waals surface area contributed by atoms with E-state index in [4.69, 9.17) is 21.1 Å². The Balaban J connectivity index is 1.81. The summed E-state index contributed by atoms with van der Waals surface area (Å²) < 4.78 is 11.7. The molecule has 1 aliphatic rings. The van der Waals surface area contributed by atoms with Gasteiger partial charge in [-0.25, -0.2) is 4.79 Å². The monoisotopic (exact) mass is 466 g/mol. The van der Waals surface area contributed by atoms with Crippen molar-refractivity contribution in [2.24, 2.45) is 0 Å². The fraction of sp³-hybridized carbons (Fsp3) is 0.240. The zero-order valence-corrected chi connectivity index (χ0v) is 18.8. The third-order valence-corrected chi connectivity index (χ3v) is 5.85. The Morgan fingerprint density at radius 2 is 1.85 bits per heavy atom. The number of pyridine rings is 1. The van der Waals surface area contributed by atoms with E-state index in [0.717, 1.165) is 25.7 Å². The van der Waals surface area contributed by atoms with Gasteiger partial charge in [0.05, 0.1) is 40.7 Å². The maximum absolute atomic E-state index is 13.6. The zero-order chi connectivity index (χ0) is 23.4. The van der Waals surface area contributed by atoms with E-state index in [-0.39, 0.29) is 22.6 Å². The van der Waals surface area contributed by atoms with Crippen LogP contribution in [0.4, 0.5) is 11.4 Å². The van der Waals surface area contributed by atoms with Crippen LogP contribution in [-0.4, -0.2) is 35.2 Å². The van der Waals surface area contributed by atoms with Gasteiger partial charge >= 0.3 is 5.97 Å². The van der Waals surface area contributed by atoms with Crippen LogP contribution in [0.15, 0.2) is 60.9 Å². The summed E-state index contributed by atoms with van der Waals surface area (Å²) in [6, 6.07) is 12.8. The number of rotatable bonds is 7. The van der Waals surface area contributed by atoms with Gasteiger partial charge in [-0.2, -0.15) is 0 Å². The van der Waals surface area contributed by atoms with Crippen LogP contribution in [0.5, 0.6) is 11.5 Å². The molecule has 0 unspecified atom stereocenters. The minimum atomic E-state index is -1.11. The van der Waals surface area contributed by atoms with E-state index >= 15 is 0 Å². The van der Waals surface area contributed by atoms with E-state index in [0.29, 0.717) is 28.4 Å². The average molecular weight is 467 g/mol. The first kappa shape index (κ1) is 22.6. The lowest BCUT2D eigenvalue weighted by Crippen LogP contribution is -2.26. The molecule has 0 bridgehead atoms. The van der Waals surface area contributed by atoms with Crippen LogP contribution in [0, 0.1) is 0 Å². The molecule has 0 radical (unpaired) electrons. The van der Waals surface area contributed by atoms with Crippen molar-refractivity contribution < 1.29 is 24.2 Å². The van der Waals surface area contributed by atoms with Gasteiger partial charge in [0, 0.05) is 18.5 Å². The topological polar surface area (TPSA) is 89.0 Å². The van der Waals surface area contributed by atoms with Gasteiger partial charge in [-0.1, -0.05) is 11.6 Å². The third kappa shape index (κ3) is 4.93. The van der Waals surface area contributed by atoms with Gasteiger partial charge in [-0.15, -0.1) is 0 Å². The molecule has 0 spiro atoms. The normalized spacial score (nSPS) is 13.5. The van der Waals surface area contributed by atoms with Gasteiger partial charge in [0.1, 0.15) is 0 Å². The van der Waals surface area contributed by atoms with Crippen LogP contribution in [0.3, 0.4) is 0 Å². The van der Waals surface area contributed by atoms with Crippen molar-refractivity contribution in [1.29, 1.82) is 0 Å². The standard InChI is InChI=1S/C25H23ClN2O5/c1-32-22-11-9-18(14-23(22)33-19-6-2-3-7-19)28(24(29)17-5-4-12-27-15-17)21-10-8-16(25(30)31)13-20(21)26/h4-5,8-15,19H,2-3,6-7H2,1H3,(H,30,31). The minimum absolute atomic E-state index is 0.0255. The number of carboxylic acid groups (broad SMARTS) is 1. The summed E-state index contributed by atoms with van der Waals surface area (Å²) in [5, 5.41) is 9.42. The highest BCUT2D eigenvalue weighted by atomic mass is 35.5. The Morgan fingerprint density at radius 1 is 1.06 bits per heavy atom. The summed E-state index contributed by atoms with van der Waals surface area (Å²) >= 11 is 6.46. The molecule has 1 aliphatic carbocycles. The molecule has 1 N–H and O–H groups in total. The molecule has 1 aromatic heterocycles. The molecule has 0 aliphatic heterocycles. The first-order valence-electron chi connectivity index (χ1n) is 10.6. The lowest BCUT2D eigenvalue weighted by molar-refractivity contribution is 0.0696. The van der Waals surface area contributed by atoms with E-state index in [9.17, 15) is 14.7 Å². The van der Waals surface area contributed by atoms with Gasteiger partial charge in [-0.3, -0.25) is 14.7 Å². The summed E-state index contributed by atoms with van der Waals surface area (Å²) in [4.78, 5) is 30.4. The second kappa shape index (κ2) is 9.92. The fourth-order valence-electron chi connectivity index (χ4n) is 3.89. The Labute approximate surface area is 196 Å². The molecule has 3 aromatic rings. The largest absolute Gasteiger partial charge is 0.493 e. The second-order valence-electron chi connectivity index (χ2n) is 7.71. The highest BCUT2D eigenvalue weighted by molar-refractivity contribution is 6.34. The van der Waals surface area contributed by atoms with Gasteiger partial charge in [0.2, 0.25) is 0 Å². The van der Waals surface area contributed by atoms with Crippen molar-refractivity contribution in [3.8, 4) is 11.5 Å². The van der Waals surface area contributed by atoms with Crippen molar-refractivity contribution in [3.05, 3.63) is 77.1 Å². The SMILES string of the molecule is COc1ccc(N(C(=O)c2cccnc2)c2ccc(C(=O)O)cc2Cl)cc1OC1CCCC1. The highest BCUT2D eigenvalue weighted by Crippen LogP contribution is 2.39. The highest BCUT2D eigenvalue weighted by Gasteiger charge is 2.25. The Morgan fingerprint density at radius 3 is 2.48 bits per heavy atom. The summed E-state index contributed by atoms with van der Waals surface area (Å²) in [6.07, 6.45) is 7.30. The summed E-state index contributed by atoms with van der Waals surface area (Å²) in [5.74, 6) is -0.383. The molecule has 7 nitrogen and oxygen atoms in total. The number of nitrogens with zero attached hydrogens (tertiary/aromatic N) is 2. The number of halogens is 1. The van der Waals surface area contributed by atoms with Gasteiger partial charge in [0.25, 0.3) is 5.91 Å². The maximum atomic E-state index is 13.6. The van der Waals surface area contributed by atoms with Crippen molar-refractivity contribution in [2.45, 2.75) is 31.8 Å². The fourth-order valence-corrected chi connectivity index (χ4v) is 4.15. The quantitative estimate of drug-likeness (QED) is 0.477. The number of methoxy groups -OCH3 is 1. The maximum Gasteiger partial charge on any atom is 0.335 e. The molecular weight excluding hydrogens is 444 g/mol. The predicted octanol–water partition coefficient (Wildman–Crippen LogP) is 5.74. The molecule has 0 atom stereocenters. The van der Waals surface area contributed by atoms with Crippen molar-refractivity contribution in [3.63, 3.8) is 0 Å². The van der Waals surface area contributed by atoms with Gasteiger partial charge < -0.3 is 14.6 Å². The first-order valence-corrected chi connectivity index (χ1v) is 11.0. The summed E-state index contributed by atoms with van der Waals surface area (Å²) in [6.45, 7) is 0. The van der Waals surface area contributed by atoms with E-state index < -0.39 is 5.97 Å². The number of aromatic nitrogens is 1. The number of hydrogen-bond acceptors (Lipinski definition) is 5. The number of amides is 1. The van der Waals surface area contributed by atoms with Crippen molar-refractivity contribution in [2.75, 3.05) is 12.0 Å². The van der Waals surface area contributed by atoms with E-state index in [1.807, 2.05) is 0 Å². The molecule has 1 amide bonds. The lowest BCUT2D eigenvalue weighted by atomic mass is 10.1. The molecule has 0 saturated heterocycles. The van der Waals surface area contributed by atoms with Gasteiger partial charge in [-0.05, 0) is 68.1 Å². The molecule has 1 heterocycles. The number of anilines is 2. The molecule has 4 rings (SSSR count). The van der Waals surface area contributed by atoms with E-state index in [1.165, 1.54) is 29.3 Å². The summed E-state index contributed by atoms with van der Waals surface area (Å²) in [5.41, 5.74) is 1.22. The van der Waals surface area contributed by atoms with Crippen LogP contribution in [0.2, 0.25) is 5.02 Å². The van der Waals surface area contributed by atoms with Crippen molar-refractivity contribution in [1.82, 2.24) is 4.98 Å². The number of carboxylic acids is 1. The Hall–Kier alpha value is -3.58. The van der Waals surface area contributed by atoms with Gasteiger partial charge in [0.15, 0.2) is 11.5 Å². The third-order valence-electron chi connectivity index (χ3n) is 5.55. The average Bonchev–Trinajstić information content (AvgIpc) is 3.34. The Kier molecular flexibility index (Phi) is 6.79. The smallest absolute Gasteiger partial charge is 0.335 e. The zero-order valence-electron chi connectivity index (χ0n) is 18.0. The number of carbonyl (C=O) groups is 2. The molecule has 2 aromatic carbocycles. The van der Waals surface area contributed by atoms with Crippen molar-refractivity contribution >= 4 is 34.9 Å². The molecule has 1 saturated carbocycles. The number of aromatic carboxylic acids is 1. The van der Waals surface area contributed by atoms with Crippen LogP contribution in [-0.2, 0) is 0 Å². The molecule has 8 heteroatoms. The molecular formula is C25H23ClN2O5. The summed E-state index contributed by atoms with van der Waals surface area (Å²) in [7, 11) is 1.57. The van der Waals surface area contributed by atoms with Crippen LogP contribution in [0.1, 0.15) is 46.4 Å². The number of ether oxygens (including phenoxy) is 2. The van der Waals surface area contributed by atoms with E-state index in [2.05, 4.69) is 4.98 Å². The van der Waals surface area contributed by atoms with Crippen LogP contribution < -0.4 is 14.4 Å². The van der Waals surface area contributed by atoms with E-state index in [1.54, 1.807) is 43.6 Å². The minimum Gasteiger partial charge on any atom is -0.493 e. The molecule has 1 fully saturated rings. The number of carbonyl (C=O) groups excluding carboxylic acids is 1. The predicted molar refractivity (Wildman–Crippen MR) is 125 cm³/mol.